The molecule has 2 rings (SSSR count). The Hall–Kier alpha value is -0.710. The first-order valence-corrected chi connectivity index (χ1v) is 6.25. The Morgan fingerprint density at radius 3 is 2.41 bits per heavy atom. The minimum Gasteiger partial charge on any atom is -0.480 e. The van der Waals surface area contributed by atoms with Gasteiger partial charge in [-0.25, -0.2) is 8.78 Å². The van der Waals surface area contributed by atoms with Crippen molar-refractivity contribution in [2.24, 2.45) is 5.41 Å². The van der Waals surface area contributed by atoms with Gasteiger partial charge >= 0.3 is 5.97 Å². The number of carboxylic acid groups (broad SMARTS) is 1. The molecule has 0 aromatic carbocycles. The number of hydrogen-bond acceptors (Lipinski definition) is 2. The highest BCUT2D eigenvalue weighted by molar-refractivity contribution is 5.74. The summed E-state index contributed by atoms with van der Waals surface area (Å²) in [6.07, 6.45) is 1.98. The third kappa shape index (κ3) is 2.30. The smallest absolute Gasteiger partial charge is 0.320 e. The highest BCUT2D eigenvalue weighted by Crippen LogP contribution is 2.51. The normalized spacial score (nSPS) is 35.0. The Balaban J connectivity index is 2.11. The summed E-state index contributed by atoms with van der Waals surface area (Å²) >= 11 is 0. The summed E-state index contributed by atoms with van der Waals surface area (Å²) < 4.78 is 26.4. The van der Waals surface area contributed by atoms with Gasteiger partial charge in [-0.1, -0.05) is 6.92 Å². The SMILES string of the molecule is CCC1N[C@H](C(=O)O)CC12CCC(F)(F)CC2. The third-order valence-corrected chi connectivity index (χ3v) is 4.44. The van der Waals surface area contributed by atoms with Gasteiger partial charge in [-0.2, -0.15) is 0 Å². The maximum absolute atomic E-state index is 13.2. The number of alkyl halides is 2. The van der Waals surface area contributed by atoms with Gasteiger partial charge in [0.2, 0.25) is 5.92 Å². The number of rotatable bonds is 2. The molecule has 2 N–H and O–H groups in total. The van der Waals surface area contributed by atoms with Crippen molar-refractivity contribution in [1.29, 1.82) is 0 Å². The van der Waals surface area contributed by atoms with E-state index in [0.29, 0.717) is 19.3 Å². The summed E-state index contributed by atoms with van der Waals surface area (Å²) in [5.41, 5.74) is -0.223. The predicted molar refractivity (Wildman–Crippen MR) is 59.1 cm³/mol. The molecule has 2 atom stereocenters. The van der Waals surface area contributed by atoms with Gasteiger partial charge in [0, 0.05) is 18.9 Å². The molecule has 0 amide bonds. The molecule has 1 aliphatic carbocycles. The van der Waals surface area contributed by atoms with Crippen molar-refractivity contribution < 1.29 is 18.7 Å². The fourth-order valence-corrected chi connectivity index (χ4v) is 3.40. The fourth-order valence-electron chi connectivity index (χ4n) is 3.40. The Kier molecular flexibility index (Phi) is 3.14. The zero-order chi connectivity index (χ0) is 12.7. The highest BCUT2D eigenvalue weighted by atomic mass is 19.3. The van der Waals surface area contributed by atoms with E-state index in [2.05, 4.69) is 5.32 Å². The second-order valence-electron chi connectivity index (χ2n) is 5.44. The van der Waals surface area contributed by atoms with Crippen LogP contribution in [-0.4, -0.2) is 29.1 Å². The molecule has 0 bridgehead atoms. The van der Waals surface area contributed by atoms with Crippen LogP contribution < -0.4 is 5.32 Å². The Morgan fingerprint density at radius 2 is 1.94 bits per heavy atom. The van der Waals surface area contributed by atoms with Crippen LogP contribution >= 0.6 is 0 Å². The van der Waals surface area contributed by atoms with Gasteiger partial charge in [-0.05, 0) is 31.1 Å². The summed E-state index contributed by atoms with van der Waals surface area (Å²) in [5.74, 6) is -3.41. The molecule has 17 heavy (non-hydrogen) atoms. The second-order valence-corrected chi connectivity index (χ2v) is 5.44. The Bertz CT molecular complexity index is 310. The fraction of sp³-hybridized carbons (Fsp3) is 0.917. The first kappa shape index (κ1) is 12.7. The van der Waals surface area contributed by atoms with Crippen LogP contribution in [0.5, 0.6) is 0 Å². The second kappa shape index (κ2) is 4.19. The van der Waals surface area contributed by atoms with Crippen LogP contribution in [0.25, 0.3) is 0 Å². The van der Waals surface area contributed by atoms with Crippen LogP contribution in [0.3, 0.4) is 0 Å². The largest absolute Gasteiger partial charge is 0.480 e. The van der Waals surface area contributed by atoms with Crippen molar-refractivity contribution in [1.82, 2.24) is 5.32 Å². The minimum absolute atomic E-state index is 0.0692. The first-order valence-electron chi connectivity index (χ1n) is 6.25. The molecule has 2 fully saturated rings. The van der Waals surface area contributed by atoms with Gasteiger partial charge < -0.3 is 10.4 Å². The van der Waals surface area contributed by atoms with Crippen LogP contribution in [0, 0.1) is 5.41 Å². The van der Waals surface area contributed by atoms with Gasteiger partial charge in [0.1, 0.15) is 6.04 Å². The van der Waals surface area contributed by atoms with Gasteiger partial charge in [0.15, 0.2) is 0 Å². The van der Waals surface area contributed by atoms with E-state index in [0.717, 1.165) is 6.42 Å². The predicted octanol–water partition coefficient (Wildman–Crippen LogP) is 2.41. The zero-order valence-corrected chi connectivity index (χ0v) is 10.0. The topological polar surface area (TPSA) is 49.3 Å². The molecule has 3 nitrogen and oxygen atoms in total. The summed E-state index contributed by atoms with van der Waals surface area (Å²) in [7, 11) is 0. The van der Waals surface area contributed by atoms with E-state index in [-0.39, 0.29) is 24.3 Å². The number of nitrogens with one attached hydrogen (secondary N) is 1. The van der Waals surface area contributed by atoms with Crippen molar-refractivity contribution in [3.8, 4) is 0 Å². The van der Waals surface area contributed by atoms with E-state index in [1.54, 1.807) is 0 Å². The van der Waals surface area contributed by atoms with E-state index in [1.807, 2.05) is 6.92 Å². The molecule has 0 aromatic rings. The van der Waals surface area contributed by atoms with Crippen LogP contribution in [0.15, 0.2) is 0 Å². The minimum atomic E-state index is -2.55. The molecule has 1 saturated carbocycles. The molecule has 1 aliphatic heterocycles. The lowest BCUT2D eigenvalue weighted by Gasteiger charge is -2.40. The molecule has 5 heteroatoms. The van der Waals surface area contributed by atoms with E-state index >= 15 is 0 Å². The van der Waals surface area contributed by atoms with Gasteiger partial charge in [0.25, 0.3) is 0 Å². The third-order valence-electron chi connectivity index (χ3n) is 4.44. The van der Waals surface area contributed by atoms with Crippen LogP contribution in [0.4, 0.5) is 8.78 Å². The number of carbonyl (C=O) groups is 1. The molecule has 1 spiro atoms. The molecule has 0 aromatic heterocycles. The maximum Gasteiger partial charge on any atom is 0.320 e. The molecule has 1 saturated heterocycles. The standard InChI is InChI=1S/C12H19F2NO2/c1-2-9-11(7-8(15-9)10(16)17)3-5-12(13,14)6-4-11/h8-9,15H,2-7H2,1H3,(H,16,17)/t8-,9?/m0/s1. The van der Waals surface area contributed by atoms with E-state index < -0.39 is 17.9 Å². The lowest BCUT2D eigenvalue weighted by molar-refractivity contribution is -0.139. The van der Waals surface area contributed by atoms with Crippen molar-refractivity contribution in [2.45, 2.75) is 63.5 Å². The molecular weight excluding hydrogens is 228 g/mol. The average molecular weight is 247 g/mol. The van der Waals surface area contributed by atoms with Gasteiger partial charge in [-0.3, -0.25) is 4.79 Å². The molecule has 0 radical (unpaired) electrons. The molecule has 1 heterocycles. The van der Waals surface area contributed by atoms with E-state index in [4.69, 9.17) is 5.11 Å². The van der Waals surface area contributed by atoms with Gasteiger partial charge in [-0.15, -0.1) is 0 Å². The van der Waals surface area contributed by atoms with Crippen LogP contribution in [-0.2, 0) is 4.79 Å². The van der Waals surface area contributed by atoms with Crippen molar-refractivity contribution in [3.05, 3.63) is 0 Å². The number of carboxylic acids is 1. The summed E-state index contributed by atoms with van der Waals surface area (Å²) in [6, 6.07) is -0.494. The average Bonchev–Trinajstić information content (AvgIpc) is 2.63. The van der Waals surface area contributed by atoms with Gasteiger partial charge in [0.05, 0.1) is 0 Å². The van der Waals surface area contributed by atoms with Crippen molar-refractivity contribution in [2.75, 3.05) is 0 Å². The zero-order valence-electron chi connectivity index (χ0n) is 10.0. The number of halogens is 2. The Labute approximate surface area is 99.6 Å². The number of hydrogen-bond donors (Lipinski definition) is 2. The van der Waals surface area contributed by atoms with E-state index in [9.17, 15) is 13.6 Å². The molecule has 1 unspecified atom stereocenters. The number of aliphatic carboxylic acids is 1. The highest BCUT2D eigenvalue weighted by Gasteiger charge is 2.52. The lowest BCUT2D eigenvalue weighted by atomic mass is 9.67. The Morgan fingerprint density at radius 1 is 1.35 bits per heavy atom. The van der Waals surface area contributed by atoms with Crippen LogP contribution in [0.1, 0.15) is 45.4 Å². The quantitative estimate of drug-likeness (QED) is 0.787. The van der Waals surface area contributed by atoms with Crippen molar-refractivity contribution >= 4 is 5.97 Å². The summed E-state index contributed by atoms with van der Waals surface area (Å²) in [4.78, 5) is 11.0. The van der Waals surface area contributed by atoms with Crippen LogP contribution in [0.2, 0.25) is 0 Å². The molecular formula is C12H19F2NO2. The molecule has 98 valence electrons. The lowest BCUT2D eigenvalue weighted by Crippen LogP contribution is -2.42. The molecule has 2 aliphatic rings. The maximum atomic E-state index is 13.2. The first-order chi connectivity index (χ1) is 7.88. The van der Waals surface area contributed by atoms with E-state index in [1.165, 1.54) is 0 Å². The summed E-state index contributed by atoms with van der Waals surface area (Å²) in [5, 5.41) is 12.1. The summed E-state index contributed by atoms with van der Waals surface area (Å²) in [6.45, 7) is 1.98. The van der Waals surface area contributed by atoms with Crippen molar-refractivity contribution in [3.63, 3.8) is 0 Å². The monoisotopic (exact) mass is 247 g/mol.